The van der Waals surface area contributed by atoms with Crippen molar-refractivity contribution in [3.63, 3.8) is 0 Å². The van der Waals surface area contributed by atoms with Crippen LogP contribution in [0.4, 0.5) is 13.2 Å². The Bertz CT molecular complexity index is 453. The molecule has 0 aliphatic carbocycles. The van der Waals surface area contributed by atoms with Gasteiger partial charge in [0.05, 0.1) is 22.4 Å². The number of rotatable bonds is 3. The minimum atomic E-state index is -4.85. The van der Waals surface area contributed by atoms with Crippen LogP contribution in [0.25, 0.3) is 0 Å². The van der Waals surface area contributed by atoms with E-state index in [4.69, 9.17) is 0 Å². The number of aliphatic hydroxyl groups is 1. The van der Waals surface area contributed by atoms with Crippen LogP contribution >= 0.6 is 22.7 Å². The maximum Gasteiger partial charge on any atom is 1.00 e. The van der Waals surface area contributed by atoms with E-state index in [-0.39, 0.29) is 18.9 Å². The van der Waals surface area contributed by atoms with Crippen LogP contribution in [-0.4, -0.2) is 21.3 Å². The zero-order valence-electron chi connectivity index (χ0n) is 11.7. The largest absolute Gasteiger partial charge is 1.00 e. The predicted molar refractivity (Wildman–Crippen MR) is 73.5 cm³/mol. The maximum atomic E-state index is 12.9. The summed E-state index contributed by atoms with van der Waals surface area (Å²) in [5.41, 5.74) is -1.55. The SMILES string of the molecule is OC(c1cscn1)(c1cscn1)C(F)(F)F.[CH2-]CCC.[Li+]. The summed E-state index contributed by atoms with van der Waals surface area (Å²) in [4.78, 5) is 7.05. The standard InChI is InChI=1S/C8H5F3N2OS2.C4H9.Li/c9-8(10,11)7(14,5-1-15-3-12-5)6-2-16-4-13-6;1-3-4-2;/h1-4,14H;1,3-4H2,2H3;/q;-1;+1. The molecule has 0 unspecified atom stereocenters. The molecule has 112 valence electrons. The third kappa shape index (κ3) is 4.79. The molecule has 0 saturated carbocycles. The van der Waals surface area contributed by atoms with Crippen LogP contribution < -0.4 is 18.9 Å². The summed E-state index contributed by atoms with van der Waals surface area (Å²) in [7, 11) is 0. The number of hydrogen-bond donors (Lipinski definition) is 1. The molecule has 1 N–H and O–H groups in total. The molecular formula is C12H14F3LiN2OS2. The normalized spacial score (nSPS) is 11.3. The van der Waals surface area contributed by atoms with Crippen molar-refractivity contribution < 1.29 is 37.1 Å². The van der Waals surface area contributed by atoms with Crippen molar-refractivity contribution in [1.82, 2.24) is 9.97 Å². The summed E-state index contributed by atoms with van der Waals surface area (Å²) >= 11 is 1.97. The van der Waals surface area contributed by atoms with Crippen molar-refractivity contribution in [2.75, 3.05) is 0 Å². The Morgan fingerprint density at radius 2 is 1.52 bits per heavy atom. The van der Waals surface area contributed by atoms with E-state index in [0.717, 1.165) is 39.9 Å². The zero-order chi connectivity index (χ0) is 15.2. The van der Waals surface area contributed by atoms with Crippen LogP contribution in [0.3, 0.4) is 0 Å². The molecule has 0 amide bonds. The smallest absolute Gasteiger partial charge is 0.370 e. The topological polar surface area (TPSA) is 46.0 Å². The Morgan fingerprint density at radius 3 is 1.71 bits per heavy atom. The number of halogens is 3. The van der Waals surface area contributed by atoms with Gasteiger partial charge in [-0.3, -0.25) is 0 Å². The molecule has 3 nitrogen and oxygen atoms in total. The van der Waals surface area contributed by atoms with Gasteiger partial charge in [0.25, 0.3) is 0 Å². The van der Waals surface area contributed by atoms with Crippen LogP contribution in [0, 0.1) is 6.92 Å². The fourth-order valence-electron chi connectivity index (χ4n) is 1.20. The fourth-order valence-corrected chi connectivity index (χ4v) is 2.40. The van der Waals surface area contributed by atoms with Gasteiger partial charge in [-0.15, -0.1) is 22.7 Å². The van der Waals surface area contributed by atoms with Crippen molar-refractivity contribution >= 4 is 22.7 Å². The van der Waals surface area contributed by atoms with E-state index >= 15 is 0 Å². The second-order valence-corrected chi connectivity index (χ2v) is 5.25. The Balaban J connectivity index is 0.000000715. The molecule has 0 aliphatic heterocycles. The van der Waals surface area contributed by atoms with E-state index in [2.05, 4.69) is 23.8 Å². The molecule has 0 aromatic carbocycles. The number of thiazole rings is 2. The second-order valence-electron chi connectivity index (χ2n) is 3.81. The van der Waals surface area contributed by atoms with Gasteiger partial charge < -0.3 is 12.0 Å². The molecule has 2 rings (SSSR count). The first kappa shape index (κ1) is 20.6. The molecule has 0 fully saturated rings. The molecule has 0 spiro atoms. The Morgan fingerprint density at radius 1 is 1.14 bits per heavy atom. The Labute approximate surface area is 141 Å². The predicted octanol–water partition coefficient (Wildman–Crippen LogP) is 1.02. The first-order chi connectivity index (χ1) is 9.37. The van der Waals surface area contributed by atoms with Gasteiger partial charge in [-0.2, -0.15) is 19.6 Å². The fraction of sp³-hybridized carbons (Fsp3) is 0.417. The molecule has 2 aromatic heterocycles. The van der Waals surface area contributed by atoms with Crippen LogP contribution in [0.5, 0.6) is 0 Å². The van der Waals surface area contributed by atoms with E-state index < -0.39 is 23.2 Å². The zero-order valence-corrected chi connectivity index (χ0v) is 13.4. The monoisotopic (exact) mass is 330 g/mol. The molecule has 2 aromatic rings. The van der Waals surface area contributed by atoms with E-state index in [0.29, 0.717) is 0 Å². The molecular weight excluding hydrogens is 316 g/mol. The van der Waals surface area contributed by atoms with E-state index in [9.17, 15) is 18.3 Å². The van der Waals surface area contributed by atoms with Gasteiger partial charge >= 0.3 is 25.0 Å². The molecule has 0 aliphatic rings. The number of unbranched alkanes of at least 4 members (excludes halogenated alkanes) is 1. The molecule has 0 saturated heterocycles. The van der Waals surface area contributed by atoms with Gasteiger partial charge in [-0.25, -0.2) is 9.97 Å². The summed E-state index contributed by atoms with van der Waals surface area (Å²) < 4.78 is 38.7. The summed E-state index contributed by atoms with van der Waals surface area (Å²) in [6.07, 6.45) is -2.57. The van der Waals surface area contributed by atoms with Crippen LogP contribution in [-0.2, 0) is 5.60 Å². The van der Waals surface area contributed by atoms with Crippen molar-refractivity contribution in [3.05, 3.63) is 40.1 Å². The van der Waals surface area contributed by atoms with Crippen LogP contribution in [0.2, 0.25) is 0 Å². The van der Waals surface area contributed by atoms with Crippen molar-refractivity contribution in [2.24, 2.45) is 0 Å². The average Bonchev–Trinajstić information content (AvgIpc) is 3.09. The van der Waals surface area contributed by atoms with Gasteiger partial charge in [0.1, 0.15) is 0 Å². The first-order valence-corrected chi connectivity index (χ1v) is 7.62. The van der Waals surface area contributed by atoms with Gasteiger partial charge in [0.15, 0.2) is 0 Å². The molecule has 0 radical (unpaired) electrons. The summed E-state index contributed by atoms with van der Waals surface area (Å²) in [5.74, 6) is 0. The van der Waals surface area contributed by atoms with Crippen molar-refractivity contribution in [2.45, 2.75) is 31.5 Å². The van der Waals surface area contributed by atoms with Crippen molar-refractivity contribution in [1.29, 1.82) is 0 Å². The Hall–Kier alpha value is -0.393. The maximum absolute atomic E-state index is 12.9. The third-order valence-electron chi connectivity index (χ3n) is 2.37. The summed E-state index contributed by atoms with van der Waals surface area (Å²) in [6.45, 7) is 5.72. The quantitative estimate of drug-likeness (QED) is 0.675. The molecule has 0 bridgehead atoms. The average molecular weight is 330 g/mol. The molecule has 21 heavy (non-hydrogen) atoms. The van der Waals surface area contributed by atoms with Crippen molar-refractivity contribution in [3.8, 4) is 0 Å². The summed E-state index contributed by atoms with van der Waals surface area (Å²) in [5, 5.41) is 12.2. The first-order valence-electron chi connectivity index (χ1n) is 5.73. The number of alkyl halides is 3. The van der Waals surface area contributed by atoms with E-state index in [1.54, 1.807) is 0 Å². The number of aromatic nitrogens is 2. The summed E-state index contributed by atoms with van der Waals surface area (Å²) in [6, 6.07) is 0. The van der Waals surface area contributed by atoms with E-state index in [1.165, 1.54) is 17.4 Å². The molecule has 9 heteroatoms. The molecule has 2 heterocycles. The second kappa shape index (κ2) is 8.91. The van der Waals surface area contributed by atoms with Gasteiger partial charge in [-0.05, 0) is 0 Å². The van der Waals surface area contributed by atoms with E-state index in [1.807, 2.05) is 0 Å². The van der Waals surface area contributed by atoms with Crippen LogP contribution in [0.1, 0.15) is 31.2 Å². The number of nitrogens with zero attached hydrogens (tertiary/aromatic N) is 2. The third-order valence-corrected chi connectivity index (χ3v) is 3.54. The number of hydrogen-bond acceptors (Lipinski definition) is 5. The Kier molecular flexibility index (Phi) is 8.74. The van der Waals surface area contributed by atoms with Gasteiger partial charge in [-0.1, -0.05) is 13.3 Å². The van der Waals surface area contributed by atoms with Crippen LogP contribution in [0.15, 0.2) is 21.8 Å². The minimum Gasteiger partial charge on any atom is -0.370 e. The van der Waals surface area contributed by atoms with Gasteiger partial charge in [0.2, 0.25) is 5.60 Å². The minimum absolute atomic E-state index is 0. The molecule has 0 atom stereocenters. The van der Waals surface area contributed by atoms with Gasteiger partial charge in [0, 0.05) is 10.8 Å².